The van der Waals surface area contributed by atoms with Crippen molar-refractivity contribution >= 4 is 80.0 Å². The Kier molecular flexibility index (Phi) is 11.4. The van der Waals surface area contributed by atoms with Crippen LogP contribution in [0.3, 0.4) is 0 Å². The maximum atomic E-state index is 2.82. The maximum Gasteiger partial charge on any atom is 0.252 e. The van der Waals surface area contributed by atoms with Crippen molar-refractivity contribution in [2.24, 2.45) is 0 Å². The largest absolute Gasteiger partial charge is 0.334 e. The highest BCUT2D eigenvalue weighted by Gasteiger charge is 2.60. The molecule has 0 bridgehead atoms. The van der Waals surface area contributed by atoms with Gasteiger partial charge in [0.25, 0.3) is 6.71 Å². The zero-order valence-corrected chi connectivity index (χ0v) is 50.7. The number of hydrogen-bond donors (Lipinski definition) is 0. The van der Waals surface area contributed by atoms with E-state index in [1.54, 1.807) is 0 Å². The van der Waals surface area contributed by atoms with Crippen molar-refractivity contribution in [2.45, 2.75) is 180 Å². The summed E-state index contributed by atoms with van der Waals surface area (Å²) < 4.78 is 0. The lowest BCUT2D eigenvalue weighted by atomic mass is 9.33. The van der Waals surface area contributed by atoms with E-state index in [1.807, 2.05) is 0 Å². The molecule has 0 aromatic heterocycles. The SMILES string of the molecule is CC(C)(C)c1ccc(N2c3ccc(C(C)(C)C)cc3B3c4cc(N5c6ccccc6C6(C)CCCCC56C)ccc4N(c4ccc(C(C)(C)C)cc4-c4ccccc4)c4cc(N5c6ccccc6C6(C)CCCCC56C)cc2c43)cc1. The molecule has 4 aliphatic heterocycles. The quantitative estimate of drug-likeness (QED) is 0.159. The van der Waals surface area contributed by atoms with Gasteiger partial charge in [-0.3, -0.25) is 0 Å². The van der Waals surface area contributed by atoms with Crippen molar-refractivity contribution in [3.63, 3.8) is 0 Å². The minimum absolute atomic E-state index is 0.0122. The first-order valence-corrected chi connectivity index (χ1v) is 30.7. The summed E-state index contributed by atoms with van der Waals surface area (Å²) in [6.07, 6.45) is 9.61. The third-order valence-electron chi connectivity index (χ3n) is 21.6. The van der Waals surface area contributed by atoms with Crippen LogP contribution in [0.25, 0.3) is 11.1 Å². The van der Waals surface area contributed by atoms with Crippen molar-refractivity contribution in [1.29, 1.82) is 0 Å². The molecule has 2 aliphatic carbocycles. The van der Waals surface area contributed by atoms with Gasteiger partial charge >= 0.3 is 0 Å². The van der Waals surface area contributed by atoms with Crippen molar-refractivity contribution in [2.75, 3.05) is 19.6 Å². The van der Waals surface area contributed by atoms with E-state index < -0.39 is 0 Å². The Balaban J connectivity index is 1.12. The molecule has 81 heavy (non-hydrogen) atoms. The highest BCUT2D eigenvalue weighted by atomic mass is 15.3. The maximum absolute atomic E-state index is 2.82. The van der Waals surface area contributed by atoms with Crippen LogP contribution in [0, 0.1) is 0 Å². The van der Waals surface area contributed by atoms with Crippen LogP contribution < -0.4 is 36.0 Å². The van der Waals surface area contributed by atoms with Gasteiger partial charge in [0.2, 0.25) is 0 Å². The predicted octanol–water partition coefficient (Wildman–Crippen LogP) is 18.8. The molecule has 2 saturated carbocycles. The average molecular weight is 1060 g/mol. The number of hydrogen-bond acceptors (Lipinski definition) is 4. The zero-order chi connectivity index (χ0) is 56.4. The Morgan fingerprint density at radius 2 is 0.802 bits per heavy atom. The van der Waals surface area contributed by atoms with E-state index >= 15 is 0 Å². The van der Waals surface area contributed by atoms with Crippen LogP contribution in [0.1, 0.15) is 169 Å². The molecule has 6 aliphatic rings. The van der Waals surface area contributed by atoms with Gasteiger partial charge in [-0.05, 0) is 178 Å². The lowest BCUT2D eigenvalue weighted by Crippen LogP contribution is -2.62. The first-order chi connectivity index (χ1) is 38.5. The molecule has 0 spiro atoms. The lowest BCUT2D eigenvalue weighted by Gasteiger charge is -2.51. The van der Waals surface area contributed by atoms with Gasteiger partial charge in [0.15, 0.2) is 0 Å². The first kappa shape index (κ1) is 52.1. The molecule has 4 atom stereocenters. The summed E-state index contributed by atoms with van der Waals surface area (Å²) in [7, 11) is 0. The topological polar surface area (TPSA) is 13.0 Å². The van der Waals surface area contributed by atoms with Gasteiger partial charge < -0.3 is 19.6 Å². The zero-order valence-electron chi connectivity index (χ0n) is 50.7. The van der Waals surface area contributed by atoms with Crippen LogP contribution >= 0.6 is 0 Å². The van der Waals surface area contributed by atoms with Gasteiger partial charge in [-0.15, -0.1) is 0 Å². The lowest BCUT2D eigenvalue weighted by molar-refractivity contribution is 0.195. The summed E-state index contributed by atoms with van der Waals surface area (Å²) in [5.74, 6) is 0. The average Bonchev–Trinajstić information content (AvgIpc) is 2.43. The minimum atomic E-state index is -0.145. The molecule has 0 saturated heterocycles. The molecule has 4 unspecified atom stereocenters. The Morgan fingerprint density at radius 1 is 0.358 bits per heavy atom. The van der Waals surface area contributed by atoms with E-state index in [1.165, 1.54) is 151 Å². The molecule has 0 N–H and O–H groups in total. The number of fused-ring (bicyclic) bond motifs is 10. The fourth-order valence-corrected chi connectivity index (χ4v) is 16.6. The van der Waals surface area contributed by atoms with Gasteiger partial charge in [-0.1, -0.05) is 199 Å². The molecule has 4 heterocycles. The Hall–Kier alpha value is -6.98. The third kappa shape index (κ3) is 7.47. The fourth-order valence-electron chi connectivity index (χ4n) is 16.6. The number of anilines is 10. The molecule has 5 heteroatoms. The molecule has 14 rings (SSSR count). The number of rotatable bonds is 5. The van der Waals surface area contributed by atoms with Gasteiger partial charge in [0.1, 0.15) is 0 Å². The van der Waals surface area contributed by atoms with Crippen molar-refractivity contribution in [3.05, 3.63) is 198 Å². The van der Waals surface area contributed by atoms with Gasteiger partial charge in [0.05, 0.1) is 16.8 Å². The van der Waals surface area contributed by atoms with Crippen LogP contribution in [0.4, 0.5) is 56.9 Å². The summed E-state index contributed by atoms with van der Waals surface area (Å²) in [6.45, 7) is 31.5. The van der Waals surface area contributed by atoms with Crippen molar-refractivity contribution in [3.8, 4) is 11.1 Å². The fraction of sp³-hybridized carbons (Fsp3) is 0.368. The predicted molar refractivity (Wildman–Crippen MR) is 348 cm³/mol. The standard InChI is InChI=1S/C76H83BN4/c1-70(2,3)51-31-35-54(36-32-51)78-65-39-34-53(72(7,8)9)46-60(65)77-61-47-55(80-63-29-19-17-27-58(63)73(10)41-21-23-43-75(73,80)12)37-40-66(61)79(62-38-33-52(71(4,5)6)45-57(62)50-25-15-14-16-26-50)68-49-56(48-67(78)69(68)77)81-64-30-20-18-28-59(64)74(11)42-22-24-44-76(74,81)13/h14-20,25-40,45-49H,21-24,41-44H2,1-13H3. The monoisotopic (exact) mass is 1060 g/mol. The number of nitrogens with zero attached hydrogens (tertiary/aromatic N) is 4. The molecular weight excluding hydrogens is 980 g/mol. The molecular formula is C76H83BN4. The second kappa shape index (κ2) is 17.8. The van der Waals surface area contributed by atoms with E-state index in [0.29, 0.717) is 0 Å². The molecule has 0 amide bonds. The Labute approximate surface area is 485 Å². The highest BCUT2D eigenvalue weighted by molar-refractivity contribution is 7.00. The smallest absolute Gasteiger partial charge is 0.252 e. The van der Waals surface area contributed by atoms with Crippen LogP contribution in [0.5, 0.6) is 0 Å². The van der Waals surface area contributed by atoms with Crippen LogP contribution in [0.2, 0.25) is 0 Å². The third-order valence-corrected chi connectivity index (χ3v) is 21.6. The van der Waals surface area contributed by atoms with E-state index in [-0.39, 0.29) is 44.9 Å². The van der Waals surface area contributed by atoms with Crippen molar-refractivity contribution in [1.82, 2.24) is 0 Å². The molecule has 0 radical (unpaired) electrons. The van der Waals surface area contributed by atoms with Crippen LogP contribution in [-0.2, 0) is 27.1 Å². The van der Waals surface area contributed by atoms with Gasteiger partial charge in [-0.25, -0.2) is 0 Å². The first-order valence-electron chi connectivity index (χ1n) is 30.7. The minimum Gasteiger partial charge on any atom is -0.334 e. The van der Waals surface area contributed by atoms with E-state index in [0.717, 1.165) is 12.8 Å². The highest BCUT2D eigenvalue weighted by Crippen LogP contribution is 2.63. The molecule has 8 aromatic carbocycles. The summed E-state index contributed by atoms with van der Waals surface area (Å²) in [4.78, 5) is 11.0. The van der Waals surface area contributed by atoms with E-state index in [4.69, 9.17) is 0 Å². The Bertz CT molecular complexity index is 3840. The molecule has 8 aromatic rings. The normalized spacial score (nSPS) is 23.5. The Morgan fingerprint density at radius 3 is 1.38 bits per heavy atom. The van der Waals surface area contributed by atoms with Gasteiger partial charge in [-0.2, -0.15) is 0 Å². The summed E-state index contributed by atoms with van der Waals surface area (Å²) in [6, 6.07) is 67.5. The summed E-state index contributed by atoms with van der Waals surface area (Å²) >= 11 is 0. The molecule has 410 valence electrons. The van der Waals surface area contributed by atoms with Crippen molar-refractivity contribution < 1.29 is 0 Å². The second-order valence-corrected chi connectivity index (χ2v) is 29.2. The summed E-state index contributed by atoms with van der Waals surface area (Å²) in [5, 5.41) is 0. The van der Waals surface area contributed by atoms with E-state index in [2.05, 4.69) is 279 Å². The summed E-state index contributed by atoms with van der Waals surface area (Å²) in [5.41, 5.74) is 25.9. The number of para-hydroxylation sites is 2. The second-order valence-electron chi connectivity index (χ2n) is 29.2. The molecule has 2 fully saturated rings. The van der Waals surface area contributed by atoms with Gasteiger partial charge in [0, 0.05) is 67.6 Å². The van der Waals surface area contributed by atoms with Crippen LogP contribution in [-0.4, -0.2) is 17.8 Å². The number of benzene rings is 8. The van der Waals surface area contributed by atoms with E-state index in [9.17, 15) is 0 Å². The molecule has 4 nitrogen and oxygen atoms in total. The van der Waals surface area contributed by atoms with Crippen LogP contribution in [0.15, 0.2) is 170 Å².